The maximum atomic E-state index is 12.4. The predicted molar refractivity (Wildman–Crippen MR) is 65.1 cm³/mol. The van der Waals surface area contributed by atoms with Crippen LogP contribution in [0.1, 0.15) is 18.1 Å². The highest BCUT2D eigenvalue weighted by atomic mass is 32.2. The van der Waals surface area contributed by atoms with Gasteiger partial charge in [0.05, 0.1) is 18.6 Å². The lowest BCUT2D eigenvalue weighted by molar-refractivity contribution is -0.142. The standard InChI is InChI=1S/C12H10F3NO3S/c1-2-19-11(18)5-7-8(6-16)10(4-3-9(7)17)20-12(13,14)15/h3-4,17H,2,5H2,1H3. The summed E-state index contributed by atoms with van der Waals surface area (Å²) < 4.78 is 41.8. The van der Waals surface area contributed by atoms with Crippen molar-refractivity contribution in [3.8, 4) is 11.8 Å². The quantitative estimate of drug-likeness (QED) is 0.684. The summed E-state index contributed by atoms with van der Waals surface area (Å²) in [5.74, 6) is -1.14. The molecule has 0 atom stereocenters. The van der Waals surface area contributed by atoms with E-state index in [4.69, 9.17) is 5.26 Å². The smallest absolute Gasteiger partial charge is 0.446 e. The third-order valence-corrected chi connectivity index (χ3v) is 3.01. The molecule has 1 N–H and O–H groups in total. The molecule has 0 unspecified atom stereocenters. The Morgan fingerprint density at radius 1 is 1.50 bits per heavy atom. The van der Waals surface area contributed by atoms with E-state index in [1.165, 1.54) is 0 Å². The van der Waals surface area contributed by atoms with E-state index in [0.717, 1.165) is 12.1 Å². The predicted octanol–water partition coefficient (Wildman–Crippen LogP) is 2.98. The number of alkyl halides is 3. The van der Waals surface area contributed by atoms with Crippen LogP contribution < -0.4 is 0 Å². The van der Waals surface area contributed by atoms with Gasteiger partial charge >= 0.3 is 11.5 Å². The van der Waals surface area contributed by atoms with Gasteiger partial charge in [-0.3, -0.25) is 4.79 Å². The van der Waals surface area contributed by atoms with Crippen molar-refractivity contribution < 1.29 is 27.8 Å². The first-order valence-electron chi connectivity index (χ1n) is 5.44. The van der Waals surface area contributed by atoms with Crippen LogP contribution in [-0.4, -0.2) is 23.2 Å². The molecule has 108 valence electrons. The first-order chi connectivity index (χ1) is 9.28. The molecule has 4 nitrogen and oxygen atoms in total. The van der Waals surface area contributed by atoms with Gasteiger partial charge in [-0.2, -0.15) is 18.4 Å². The molecule has 0 saturated carbocycles. The number of aromatic hydroxyl groups is 1. The first kappa shape index (κ1) is 16.2. The Morgan fingerprint density at radius 3 is 2.65 bits per heavy atom. The van der Waals surface area contributed by atoms with Crippen molar-refractivity contribution in [2.45, 2.75) is 23.7 Å². The van der Waals surface area contributed by atoms with Gasteiger partial charge in [0.2, 0.25) is 0 Å². The van der Waals surface area contributed by atoms with E-state index in [-0.39, 0.29) is 22.6 Å². The second-order valence-electron chi connectivity index (χ2n) is 3.58. The van der Waals surface area contributed by atoms with Crippen LogP contribution in [-0.2, 0) is 16.0 Å². The van der Waals surface area contributed by atoms with Gasteiger partial charge in [0.1, 0.15) is 11.8 Å². The van der Waals surface area contributed by atoms with Crippen LogP contribution >= 0.6 is 11.8 Å². The number of carbonyl (C=O) groups excluding carboxylic acids is 1. The summed E-state index contributed by atoms with van der Waals surface area (Å²) in [5, 5.41) is 18.6. The average Bonchev–Trinajstić information content (AvgIpc) is 2.32. The van der Waals surface area contributed by atoms with E-state index in [9.17, 15) is 23.1 Å². The number of esters is 1. The number of carbonyl (C=O) groups is 1. The van der Waals surface area contributed by atoms with Gasteiger partial charge in [-0.15, -0.1) is 0 Å². The maximum absolute atomic E-state index is 12.4. The fraction of sp³-hybridized carbons (Fsp3) is 0.333. The average molecular weight is 305 g/mol. The van der Waals surface area contributed by atoms with Crippen molar-refractivity contribution in [3.05, 3.63) is 23.3 Å². The zero-order valence-corrected chi connectivity index (χ0v) is 11.1. The number of ether oxygens (including phenoxy) is 1. The number of benzene rings is 1. The molecule has 0 saturated heterocycles. The molecule has 0 amide bonds. The van der Waals surface area contributed by atoms with Gasteiger partial charge in [0, 0.05) is 10.5 Å². The minimum absolute atomic E-state index is 0.0957. The Kier molecular flexibility index (Phi) is 5.27. The number of hydrogen-bond acceptors (Lipinski definition) is 5. The summed E-state index contributed by atoms with van der Waals surface area (Å²) in [6.45, 7) is 1.66. The molecule has 1 aromatic carbocycles. The molecule has 0 bridgehead atoms. The van der Waals surface area contributed by atoms with E-state index in [2.05, 4.69) is 4.74 Å². The number of halogens is 3. The van der Waals surface area contributed by atoms with Crippen molar-refractivity contribution in [1.29, 1.82) is 5.26 Å². The number of phenolic OH excluding ortho intramolecular Hbond substituents is 1. The number of hydrogen-bond donors (Lipinski definition) is 1. The number of phenols is 1. The summed E-state index contributed by atoms with van der Waals surface area (Å²) in [7, 11) is 0. The topological polar surface area (TPSA) is 70.3 Å². The van der Waals surface area contributed by atoms with Crippen molar-refractivity contribution in [2.24, 2.45) is 0 Å². The summed E-state index contributed by atoms with van der Waals surface area (Å²) >= 11 is -0.470. The molecule has 8 heteroatoms. The van der Waals surface area contributed by atoms with Gasteiger partial charge in [0.15, 0.2) is 0 Å². The highest BCUT2D eigenvalue weighted by Crippen LogP contribution is 2.40. The molecule has 20 heavy (non-hydrogen) atoms. The fourth-order valence-electron chi connectivity index (χ4n) is 1.48. The van der Waals surface area contributed by atoms with Crippen molar-refractivity contribution in [2.75, 3.05) is 6.61 Å². The highest BCUT2D eigenvalue weighted by molar-refractivity contribution is 8.00. The van der Waals surface area contributed by atoms with Crippen LogP contribution in [0.3, 0.4) is 0 Å². The van der Waals surface area contributed by atoms with Crippen LogP contribution in [0.15, 0.2) is 17.0 Å². The van der Waals surface area contributed by atoms with Gasteiger partial charge in [-0.1, -0.05) is 0 Å². The van der Waals surface area contributed by atoms with E-state index < -0.39 is 35.4 Å². The van der Waals surface area contributed by atoms with Gasteiger partial charge < -0.3 is 9.84 Å². The Hall–Kier alpha value is -1.88. The molecule has 0 aromatic heterocycles. The molecular weight excluding hydrogens is 295 g/mol. The zero-order chi connectivity index (χ0) is 15.3. The van der Waals surface area contributed by atoms with Crippen LogP contribution in [0.2, 0.25) is 0 Å². The zero-order valence-electron chi connectivity index (χ0n) is 10.3. The second kappa shape index (κ2) is 6.52. The lowest BCUT2D eigenvalue weighted by Crippen LogP contribution is -2.10. The minimum Gasteiger partial charge on any atom is -0.508 e. The summed E-state index contributed by atoms with van der Waals surface area (Å²) in [6, 6.07) is 3.59. The summed E-state index contributed by atoms with van der Waals surface area (Å²) in [6.07, 6.45) is -0.463. The third-order valence-electron chi connectivity index (χ3n) is 2.21. The van der Waals surface area contributed by atoms with Crippen LogP contribution in [0.4, 0.5) is 13.2 Å². The van der Waals surface area contributed by atoms with Crippen molar-refractivity contribution in [1.82, 2.24) is 0 Å². The van der Waals surface area contributed by atoms with Crippen LogP contribution in [0, 0.1) is 11.3 Å². The normalized spacial score (nSPS) is 10.9. The van der Waals surface area contributed by atoms with E-state index in [1.807, 2.05) is 0 Å². The third kappa shape index (κ3) is 4.35. The van der Waals surface area contributed by atoms with Crippen molar-refractivity contribution in [3.63, 3.8) is 0 Å². The number of thioether (sulfide) groups is 1. The number of nitrogens with zero attached hydrogens (tertiary/aromatic N) is 1. The number of nitriles is 1. The largest absolute Gasteiger partial charge is 0.508 e. The fourth-order valence-corrected chi connectivity index (χ4v) is 2.14. The molecule has 1 rings (SSSR count). The SMILES string of the molecule is CCOC(=O)Cc1c(O)ccc(SC(F)(F)F)c1C#N. The Bertz CT molecular complexity index is 552. The maximum Gasteiger partial charge on any atom is 0.446 e. The second-order valence-corrected chi connectivity index (χ2v) is 4.68. The highest BCUT2D eigenvalue weighted by Gasteiger charge is 2.31. The van der Waals surface area contributed by atoms with E-state index in [1.54, 1.807) is 13.0 Å². The van der Waals surface area contributed by atoms with Crippen LogP contribution in [0.5, 0.6) is 5.75 Å². The lowest BCUT2D eigenvalue weighted by Gasteiger charge is -2.12. The molecule has 1 aromatic rings. The monoisotopic (exact) mass is 305 g/mol. The Balaban J connectivity index is 3.19. The molecular formula is C12H10F3NO3S. The van der Waals surface area contributed by atoms with E-state index in [0.29, 0.717) is 0 Å². The Labute approximate surface area is 117 Å². The molecule has 0 spiro atoms. The van der Waals surface area contributed by atoms with Gasteiger partial charge in [0.25, 0.3) is 0 Å². The molecule has 0 radical (unpaired) electrons. The van der Waals surface area contributed by atoms with Gasteiger partial charge in [-0.05, 0) is 30.8 Å². The summed E-state index contributed by atoms with van der Waals surface area (Å²) in [5.41, 5.74) is -5.11. The van der Waals surface area contributed by atoms with Crippen LogP contribution in [0.25, 0.3) is 0 Å². The molecule has 0 heterocycles. The minimum atomic E-state index is -4.57. The van der Waals surface area contributed by atoms with Gasteiger partial charge in [-0.25, -0.2) is 0 Å². The molecule has 0 aliphatic heterocycles. The summed E-state index contributed by atoms with van der Waals surface area (Å²) in [4.78, 5) is 11.0. The number of rotatable bonds is 4. The van der Waals surface area contributed by atoms with E-state index >= 15 is 0 Å². The molecule has 0 aliphatic carbocycles. The Morgan fingerprint density at radius 2 is 2.15 bits per heavy atom. The molecule has 0 aliphatic rings. The first-order valence-corrected chi connectivity index (χ1v) is 6.26. The lowest BCUT2D eigenvalue weighted by atomic mass is 10.0. The molecule has 0 fully saturated rings. The van der Waals surface area contributed by atoms with Crippen molar-refractivity contribution >= 4 is 17.7 Å².